The first-order chi connectivity index (χ1) is 16.5. The van der Waals surface area contributed by atoms with Crippen molar-refractivity contribution >= 4 is 22.6 Å². The quantitative estimate of drug-likeness (QED) is 0.396. The predicted molar refractivity (Wildman–Crippen MR) is 131 cm³/mol. The number of aryl methyl sites for hydroxylation is 1. The lowest BCUT2D eigenvalue weighted by Crippen LogP contribution is -2.23. The first-order valence-electron chi connectivity index (χ1n) is 10.8. The molecular formula is C27H25NO6. The number of fused-ring (bicyclic) bond motifs is 1. The van der Waals surface area contributed by atoms with Crippen molar-refractivity contribution in [3.8, 4) is 28.6 Å². The van der Waals surface area contributed by atoms with Crippen molar-refractivity contribution in [1.82, 2.24) is 0 Å². The zero-order chi connectivity index (χ0) is 24.1. The van der Waals surface area contributed by atoms with E-state index in [0.717, 1.165) is 12.0 Å². The highest BCUT2D eigenvalue weighted by molar-refractivity contribution is 5.93. The Hall–Kier alpha value is -4.26. The van der Waals surface area contributed by atoms with Crippen molar-refractivity contribution in [2.45, 2.75) is 13.3 Å². The topological polar surface area (TPSA) is 87.0 Å². The number of amides is 1. The van der Waals surface area contributed by atoms with E-state index in [-0.39, 0.29) is 29.5 Å². The Morgan fingerprint density at radius 2 is 1.68 bits per heavy atom. The molecule has 34 heavy (non-hydrogen) atoms. The Morgan fingerprint density at radius 3 is 2.44 bits per heavy atom. The van der Waals surface area contributed by atoms with Crippen molar-refractivity contribution in [2.75, 3.05) is 26.1 Å². The van der Waals surface area contributed by atoms with Crippen LogP contribution in [0.1, 0.15) is 12.5 Å². The van der Waals surface area contributed by atoms with Crippen LogP contribution < -0.4 is 25.0 Å². The Balaban J connectivity index is 1.71. The second-order valence-corrected chi connectivity index (χ2v) is 7.50. The molecule has 0 fully saturated rings. The molecule has 3 aromatic carbocycles. The largest absolute Gasteiger partial charge is 0.493 e. The average molecular weight is 459 g/mol. The molecule has 174 valence electrons. The second kappa shape index (κ2) is 10.1. The van der Waals surface area contributed by atoms with Crippen LogP contribution in [0.5, 0.6) is 17.2 Å². The summed E-state index contributed by atoms with van der Waals surface area (Å²) >= 11 is 0. The number of methoxy groups -OCH3 is 2. The predicted octanol–water partition coefficient (Wildman–Crippen LogP) is 5.06. The van der Waals surface area contributed by atoms with Crippen molar-refractivity contribution in [3.05, 3.63) is 82.5 Å². The van der Waals surface area contributed by atoms with Crippen LogP contribution >= 0.6 is 0 Å². The monoisotopic (exact) mass is 459 g/mol. The first-order valence-corrected chi connectivity index (χ1v) is 10.8. The van der Waals surface area contributed by atoms with Crippen LogP contribution in [0.15, 0.2) is 75.9 Å². The van der Waals surface area contributed by atoms with Crippen LogP contribution in [0.25, 0.3) is 22.3 Å². The molecule has 0 aliphatic rings. The molecule has 4 rings (SSSR count). The van der Waals surface area contributed by atoms with Crippen LogP contribution in [0.3, 0.4) is 0 Å². The molecular weight excluding hydrogens is 434 g/mol. The molecule has 0 saturated heterocycles. The zero-order valence-corrected chi connectivity index (χ0v) is 19.2. The van der Waals surface area contributed by atoms with Gasteiger partial charge in [0.25, 0.3) is 5.91 Å². The van der Waals surface area contributed by atoms with Gasteiger partial charge in [-0.15, -0.1) is 0 Å². The number of carbonyl (C=O) groups is 1. The second-order valence-electron chi connectivity index (χ2n) is 7.50. The van der Waals surface area contributed by atoms with E-state index >= 15 is 0 Å². The number of carbonyl (C=O) groups excluding carboxylic acids is 1. The molecule has 0 radical (unpaired) electrons. The summed E-state index contributed by atoms with van der Waals surface area (Å²) in [5, 5.41) is 3.21. The number of nitrogens with one attached hydrogen (secondary N) is 1. The van der Waals surface area contributed by atoms with E-state index in [9.17, 15) is 9.59 Å². The van der Waals surface area contributed by atoms with E-state index in [1.165, 1.54) is 14.2 Å². The van der Waals surface area contributed by atoms with Crippen LogP contribution in [0.4, 0.5) is 5.69 Å². The number of ether oxygens (including phenoxy) is 3. The molecule has 0 atom stereocenters. The minimum Gasteiger partial charge on any atom is -0.493 e. The van der Waals surface area contributed by atoms with Crippen molar-refractivity contribution in [2.24, 2.45) is 0 Å². The van der Waals surface area contributed by atoms with Gasteiger partial charge in [0.2, 0.25) is 11.2 Å². The fourth-order valence-corrected chi connectivity index (χ4v) is 3.70. The van der Waals surface area contributed by atoms with Gasteiger partial charge in [-0.2, -0.15) is 0 Å². The summed E-state index contributed by atoms with van der Waals surface area (Å²) in [5.41, 5.74) is 2.31. The van der Waals surface area contributed by atoms with E-state index < -0.39 is 0 Å². The summed E-state index contributed by atoms with van der Waals surface area (Å²) in [5.74, 6) is 0.768. The van der Waals surface area contributed by atoms with E-state index in [1.807, 2.05) is 31.2 Å². The van der Waals surface area contributed by atoms with E-state index in [2.05, 4.69) is 5.32 Å². The molecule has 1 heterocycles. The van der Waals surface area contributed by atoms with Gasteiger partial charge in [-0.3, -0.25) is 9.59 Å². The summed E-state index contributed by atoms with van der Waals surface area (Å²) < 4.78 is 22.5. The van der Waals surface area contributed by atoms with Gasteiger partial charge in [-0.1, -0.05) is 37.3 Å². The molecule has 0 spiro atoms. The maximum Gasteiger partial charge on any atom is 0.262 e. The van der Waals surface area contributed by atoms with E-state index in [4.69, 9.17) is 18.6 Å². The third-order valence-corrected chi connectivity index (χ3v) is 5.42. The highest BCUT2D eigenvalue weighted by Crippen LogP contribution is 2.36. The highest BCUT2D eigenvalue weighted by Gasteiger charge is 2.20. The number of hydrogen-bond donors (Lipinski definition) is 1. The molecule has 1 N–H and O–H groups in total. The first kappa shape index (κ1) is 22.9. The molecule has 4 aromatic rings. The van der Waals surface area contributed by atoms with Gasteiger partial charge in [0.15, 0.2) is 23.9 Å². The summed E-state index contributed by atoms with van der Waals surface area (Å²) in [4.78, 5) is 26.0. The van der Waals surface area contributed by atoms with E-state index in [1.54, 1.807) is 42.5 Å². The molecule has 0 aliphatic carbocycles. The molecule has 0 bridgehead atoms. The van der Waals surface area contributed by atoms with Gasteiger partial charge in [-0.05, 0) is 48.4 Å². The fourth-order valence-electron chi connectivity index (χ4n) is 3.70. The maximum atomic E-state index is 13.3. The third kappa shape index (κ3) is 4.59. The standard InChI is InChI=1S/C27H25NO6/c1-4-17-9-5-7-11-20(17)28-24(29)16-33-27-25(30)19-10-6-8-12-21(19)34-26(27)18-13-14-22(31-2)23(15-18)32-3/h5-15H,4,16H2,1-3H3,(H,28,29). The number of hydrogen-bond acceptors (Lipinski definition) is 6. The van der Waals surface area contributed by atoms with Crippen LogP contribution in [-0.4, -0.2) is 26.7 Å². The fraction of sp³-hybridized carbons (Fsp3) is 0.185. The van der Waals surface area contributed by atoms with Crippen molar-refractivity contribution < 1.29 is 23.4 Å². The number of anilines is 1. The Morgan fingerprint density at radius 1 is 0.941 bits per heavy atom. The Kier molecular flexibility index (Phi) is 6.82. The summed E-state index contributed by atoms with van der Waals surface area (Å²) in [7, 11) is 3.06. The Labute approximate surface area is 196 Å². The summed E-state index contributed by atoms with van der Waals surface area (Å²) in [6.45, 7) is 1.65. The van der Waals surface area contributed by atoms with Gasteiger partial charge in [0.05, 0.1) is 19.6 Å². The zero-order valence-electron chi connectivity index (χ0n) is 19.2. The lowest BCUT2D eigenvalue weighted by Gasteiger charge is -2.14. The van der Waals surface area contributed by atoms with Gasteiger partial charge < -0.3 is 23.9 Å². The van der Waals surface area contributed by atoms with Gasteiger partial charge >= 0.3 is 0 Å². The van der Waals surface area contributed by atoms with Gasteiger partial charge in [0, 0.05) is 11.3 Å². The highest BCUT2D eigenvalue weighted by atomic mass is 16.5. The SMILES string of the molecule is CCc1ccccc1NC(=O)COc1c(-c2ccc(OC)c(OC)c2)oc2ccccc2c1=O. The van der Waals surface area contributed by atoms with Crippen molar-refractivity contribution in [1.29, 1.82) is 0 Å². The van der Waals surface area contributed by atoms with Crippen LogP contribution in [0.2, 0.25) is 0 Å². The van der Waals surface area contributed by atoms with Gasteiger partial charge in [0.1, 0.15) is 5.58 Å². The molecule has 7 nitrogen and oxygen atoms in total. The normalized spacial score (nSPS) is 10.7. The molecule has 1 amide bonds. The Bertz CT molecular complexity index is 1390. The van der Waals surface area contributed by atoms with Gasteiger partial charge in [-0.25, -0.2) is 0 Å². The van der Waals surface area contributed by atoms with Crippen LogP contribution in [-0.2, 0) is 11.2 Å². The average Bonchev–Trinajstić information content (AvgIpc) is 2.88. The smallest absolute Gasteiger partial charge is 0.262 e. The molecule has 1 aromatic heterocycles. The maximum absolute atomic E-state index is 13.3. The van der Waals surface area contributed by atoms with E-state index in [0.29, 0.717) is 33.7 Å². The van der Waals surface area contributed by atoms with Crippen LogP contribution in [0, 0.1) is 0 Å². The minimum atomic E-state index is -0.383. The molecule has 0 aliphatic heterocycles. The molecule has 7 heteroatoms. The third-order valence-electron chi connectivity index (χ3n) is 5.42. The summed E-state index contributed by atoms with van der Waals surface area (Å²) in [6, 6.07) is 19.6. The molecule has 0 saturated carbocycles. The number of rotatable bonds is 8. The summed E-state index contributed by atoms with van der Waals surface area (Å²) in [6.07, 6.45) is 0.773. The lowest BCUT2D eigenvalue weighted by atomic mass is 10.1. The number of benzene rings is 3. The number of para-hydroxylation sites is 2. The molecule has 0 unspecified atom stereocenters. The lowest BCUT2D eigenvalue weighted by molar-refractivity contribution is -0.118. The minimum absolute atomic E-state index is 0.0511. The van der Waals surface area contributed by atoms with Crippen molar-refractivity contribution in [3.63, 3.8) is 0 Å².